The molecule has 0 saturated heterocycles. The van der Waals surface area contributed by atoms with Crippen LogP contribution >= 0.6 is 0 Å². The number of benzene rings is 1. The highest BCUT2D eigenvalue weighted by atomic mass is 19.1. The number of methoxy groups -OCH3 is 1. The van der Waals surface area contributed by atoms with Crippen molar-refractivity contribution in [3.8, 4) is 0 Å². The monoisotopic (exact) mass is 450 g/mol. The zero-order valence-corrected chi connectivity index (χ0v) is 18.7. The smallest absolute Gasteiger partial charge is 0.339 e. The van der Waals surface area contributed by atoms with Gasteiger partial charge in [-0.3, -0.25) is 9.78 Å². The van der Waals surface area contributed by atoms with Crippen LogP contribution in [0.5, 0.6) is 0 Å². The van der Waals surface area contributed by atoms with E-state index in [1.54, 1.807) is 18.3 Å². The van der Waals surface area contributed by atoms with E-state index in [2.05, 4.69) is 15.3 Å². The Bertz CT molecular complexity index is 1190. The zero-order valence-electron chi connectivity index (χ0n) is 18.7. The van der Waals surface area contributed by atoms with E-state index >= 15 is 0 Å². The molecule has 0 spiro atoms. The number of nitrogens with two attached hydrogens (primary N) is 1. The maximum absolute atomic E-state index is 13.8. The summed E-state index contributed by atoms with van der Waals surface area (Å²) in [6, 6.07) is 8.15. The van der Waals surface area contributed by atoms with Gasteiger partial charge in [0.05, 0.1) is 23.9 Å². The number of amides is 1. The van der Waals surface area contributed by atoms with Gasteiger partial charge < -0.3 is 15.8 Å². The quantitative estimate of drug-likeness (QED) is 0.546. The molecule has 2 heterocycles. The fourth-order valence-electron chi connectivity index (χ4n) is 4.69. The van der Waals surface area contributed by atoms with E-state index in [4.69, 9.17) is 10.5 Å². The van der Waals surface area contributed by atoms with Crippen molar-refractivity contribution in [2.24, 2.45) is 11.8 Å². The number of nitrogens with zero attached hydrogens (tertiary/aromatic N) is 2. The third-order valence-corrected chi connectivity index (χ3v) is 6.67. The van der Waals surface area contributed by atoms with Crippen LogP contribution in [0, 0.1) is 17.7 Å². The topological polar surface area (TPSA) is 107 Å². The lowest BCUT2D eigenvalue weighted by Crippen LogP contribution is -2.30. The average Bonchev–Trinajstić information content (AvgIpc) is 2.84. The Morgan fingerprint density at radius 3 is 2.64 bits per heavy atom. The van der Waals surface area contributed by atoms with Crippen LogP contribution in [-0.2, 0) is 9.53 Å². The van der Waals surface area contributed by atoms with Crippen molar-refractivity contribution in [3.63, 3.8) is 0 Å². The second-order valence-corrected chi connectivity index (χ2v) is 8.60. The standard InChI is InChI=1S/C25H27FN4O3/c1-14(24(31)30-22-11-17(25(32)33-2)13-29-23(22)27)15-3-5-16(6-4-15)19-9-10-28-21-8-7-18(26)12-20(19)21/h7-16H,3-6H2,1-2H3,(H2,27,29)(H,30,31). The Labute approximate surface area is 191 Å². The minimum Gasteiger partial charge on any atom is -0.465 e. The number of carbonyl (C=O) groups excluding carboxylic acids is 2. The molecule has 0 bridgehead atoms. The van der Waals surface area contributed by atoms with Gasteiger partial charge in [-0.2, -0.15) is 0 Å². The molecule has 1 aliphatic carbocycles. The van der Waals surface area contributed by atoms with Gasteiger partial charge in [0, 0.05) is 23.7 Å². The second kappa shape index (κ2) is 9.52. The molecule has 1 aromatic carbocycles. The summed E-state index contributed by atoms with van der Waals surface area (Å²) in [6.45, 7) is 1.91. The predicted molar refractivity (Wildman–Crippen MR) is 124 cm³/mol. The third kappa shape index (κ3) is 4.79. The van der Waals surface area contributed by atoms with Crippen LogP contribution in [-0.4, -0.2) is 29.0 Å². The van der Waals surface area contributed by atoms with Crippen molar-refractivity contribution in [1.29, 1.82) is 0 Å². The van der Waals surface area contributed by atoms with Crippen molar-refractivity contribution in [2.45, 2.75) is 38.5 Å². The van der Waals surface area contributed by atoms with Crippen molar-refractivity contribution in [3.05, 3.63) is 59.7 Å². The minimum atomic E-state index is -0.548. The molecule has 1 saturated carbocycles. The van der Waals surface area contributed by atoms with Crippen LogP contribution in [0.2, 0.25) is 0 Å². The molecule has 4 rings (SSSR count). The number of hydrogen-bond acceptors (Lipinski definition) is 6. The summed E-state index contributed by atoms with van der Waals surface area (Å²) in [5.41, 5.74) is 8.32. The second-order valence-electron chi connectivity index (χ2n) is 8.60. The number of fused-ring (bicyclic) bond motifs is 1. The molecule has 1 unspecified atom stereocenters. The van der Waals surface area contributed by atoms with Crippen LogP contribution in [0.1, 0.15) is 54.4 Å². The molecule has 3 N–H and O–H groups in total. The van der Waals surface area contributed by atoms with Crippen molar-refractivity contribution in [2.75, 3.05) is 18.2 Å². The number of aromatic nitrogens is 2. The van der Waals surface area contributed by atoms with Gasteiger partial charge in [-0.05, 0) is 73.4 Å². The molecule has 7 nitrogen and oxygen atoms in total. The Morgan fingerprint density at radius 1 is 1.15 bits per heavy atom. The third-order valence-electron chi connectivity index (χ3n) is 6.67. The predicted octanol–water partition coefficient (Wildman–Crippen LogP) is 4.69. The van der Waals surface area contributed by atoms with Gasteiger partial charge in [0.2, 0.25) is 5.91 Å². The van der Waals surface area contributed by atoms with Crippen molar-refractivity contribution < 1.29 is 18.7 Å². The first-order valence-electron chi connectivity index (χ1n) is 11.1. The molecule has 1 fully saturated rings. The van der Waals surface area contributed by atoms with Gasteiger partial charge in [-0.15, -0.1) is 0 Å². The summed E-state index contributed by atoms with van der Waals surface area (Å²) < 4.78 is 18.5. The molecule has 8 heteroatoms. The normalized spacial score (nSPS) is 19.1. The fraction of sp³-hybridized carbons (Fsp3) is 0.360. The summed E-state index contributed by atoms with van der Waals surface area (Å²) in [5, 5.41) is 3.68. The number of ether oxygens (including phenoxy) is 1. The Balaban J connectivity index is 1.42. The number of esters is 1. The van der Waals surface area contributed by atoms with E-state index < -0.39 is 5.97 Å². The molecule has 0 radical (unpaired) electrons. The summed E-state index contributed by atoms with van der Waals surface area (Å²) in [6.07, 6.45) is 6.69. The lowest BCUT2D eigenvalue weighted by Gasteiger charge is -2.32. The first-order chi connectivity index (χ1) is 15.9. The van der Waals surface area contributed by atoms with Crippen LogP contribution in [0.25, 0.3) is 10.9 Å². The van der Waals surface area contributed by atoms with Gasteiger partial charge in [0.1, 0.15) is 11.6 Å². The molecule has 2 aromatic heterocycles. The van der Waals surface area contributed by atoms with Gasteiger partial charge in [-0.25, -0.2) is 14.2 Å². The Kier molecular flexibility index (Phi) is 6.53. The van der Waals surface area contributed by atoms with E-state index in [9.17, 15) is 14.0 Å². The highest BCUT2D eigenvalue weighted by Crippen LogP contribution is 2.41. The molecule has 0 aliphatic heterocycles. The van der Waals surface area contributed by atoms with Gasteiger partial charge in [-0.1, -0.05) is 6.92 Å². The summed E-state index contributed by atoms with van der Waals surface area (Å²) >= 11 is 0. The molecule has 1 amide bonds. The maximum Gasteiger partial charge on any atom is 0.339 e. The minimum absolute atomic E-state index is 0.142. The lowest BCUT2D eigenvalue weighted by atomic mass is 9.73. The Morgan fingerprint density at radius 2 is 1.91 bits per heavy atom. The van der Waals surface area contributed by atoms with Gasteiger partial charge >= 0.3 is 5.97 Å². The molecule has 1 aliphatic rings. The molecule has 33 heavy (non-hydrogen) atoms. The van der Waals surface area contributed by atoms with Crippen LogP contribution in [0.15, 0.2) is 42.7 Å². The number of halogens is 1. The SMILES string of the molecule is COC(=O)c1cnc(N)c(NC(=O)C(C)C2CCC(c3ccnc4ccc(F)cc34)CC2)c1. The maximum atomic E-state index is 13.8. The van der Waals surface area contributed by atoms with Crippen LogP contribution < -0.4 is 11.1 Å². The first-order valence-corrected chi connectivity index (χ1v) is 11.1. The van der Waals surface area contributed by atoms with Gasteiger partial charge in [0.25, 0.3) is 0 Å². The molecule has 1 atom stereocenters. The van der Waals surface area contributed by atoms with Crippen LogP contribution in [0.3, 0.4) is 0 Å². The van der Waals surface area contributed by atoms with Crippen molar-refractivity contribution in [1.82, 2.24) is 9.97 Å². The van der Waals surface area contributed by atoms with Crippen LogP contribution in [0.4, 0.5) is 15.9 Å². The number of rotatable bonds is 5. The number of carbonyl (C=O) groups is 2. The molecular weight excluding hydrogens is 423 g/mol. The van der Waals surface area contributed by atoms with Crippen molar-refractivity contribution >= 4 is 34.3 Å². The highest BCUT2D eigenvalue weighted by molar-refractivity contribution is 5.97. The highest BCUT2D eigenvalue weighted by Gasteiger charge is 2.30. The largest absolute Gasteiger partial charge is 0.465 e. The summed E-state index contributed by atoms with van der Waals surface area (Å²) in [4.78, 5) is 33.0. The number of nitrogen functional groups attached to an aromatic ring is 1. The van der Waals surface area contributed by atoms with E-state index in [1.165, 1.54) is 25.4 Å². The summed E-state index contributed by atoms with van der Waals surface area (Å²) in [7, 11) is 1.28. The molecule has 3 aromatic rings. The summed E-state index contributed by atoms with van der Waals surface area (Å²) in [5.74, 6) is -0.550. The number of nitrogens with one attached hydrogen (secondary N) is 1. The number of hydrogen-bond donors (Lipinski definition) is 2. The van der Waals surface area contributed by atoms with E-state index in [1.807, 2.05) is 13.0 Å². The zero-order chi connectivity index (χ0) is 23.5. The Hall–Kier alpha value is -3.55. The van der Waals surface area contributed by atoms with E-state index in [0.717, 1.165) is 42.1 Å². The van der Waals surface area contributed by atoms with E-state index in [-0.39, 0.29) is 34.9 Å². The lowest BCUT2D eigenvalue weighted by molar-refractivity contribution is -0.121. The van der Waals surface area contributed by atoms with Gasteiger partial charge in [0.15, 0.2) is 0 Å². The number of pyridine rings is 2. The fourth-order valence-corrected chi connectivity index (χ4v) is 4.69. The molecular formula is C25H27FN4O3. The first kappa shape index (κ1) is 22.6. The average molecular weight is 451 g/mol. The van der Waals surface area contributed by atoms with E-state index in [0.29, 0.717) is 11.6 Å². The number of anilines is 2. The molecule has 172 valence electrons.